The van der Waals surface area contributed by atoms with Crippen molar-refractivity contribution in [3.63, 3.8) is 0 Å². The van der Waals surface area contributed by atoms with Crippen LogP contribution in [0.1, 0.15) is 26.2 Å². The van der Waals surface area contributed by atoms with Crippen LogP contribution in [0.2, 0.25) is 0 Å². The van der Waals surface area contributed by atoms with Gasteiger partial charge in [0, 0.05) is 37.9 Å². The average molecular weight is 308 g/mol. The van der Waals surface area contributed by atoms with Crippen LogP contribution >= 0.6 is 0 Å². The van der Waals surface area contributed by atoms with Gasteiger partial charge < -0.3 is 15.1 Å². The van der Waals surface area contributed by atoms with Crippen molar-refractivity contribution in [3.8, 4) is 0 Å². The van der Waals surface area contributed by atoms with E-state index in [1.54, 1.807) is 6.92 Å². The van der Waals surface area contributed by atoms with E-state index >= 15 is 0 Å². The number of hydrogen-bond donors (Lipinski definition) is 2. The lowest BCUT2D eigenvalue weighted by molar-refractivity contribution is -0.115. The number of likely N-dealkylation sites (tertiary alicyclic amines) is 1. The monoisotopic (exact) mass is 308 g/mol. The summed E-state index contributed by atoms with van der Waals surface area (Å²) in [5.41, 5.74) is 0.118. The van der Waals surface area contributed by atoms with Gasteiger partial charge in [0.25, 0.3) is 0 Å². The molecule has 122 valence electrons. The Labute approximate surface area is 131 Å². The minimum Gasteiger partial charge on any atom is -0.389 e. The van der Waals surface area contributed by atoms with Crippen LogP contribution in [-0.2, 0) is 0 Å². The molecule has 0 aromatic heterocycles. The molecule has 0 spiro atoms. The van der Waals surface area contributed by atoms with Crippen molar-refractivity contribution in [1.82, 2.24) is 4.90 Å². The number of rotatable bonds is 2. The molecule has 2 aliphatic rings. The highest BCUT2D eigenvalue weighted by molar-refractivity contribution is 5.46. The van der Waals surface area contributed by atoms with Crippen LogP contribution in [0.3, 0.4) is 0 Å². The van der Waals surface area contributed by atoms with Gasteiger partial charge in [0.05, 0.1) is 11.7 Å². The Morgan fingerprint density at radius 1 is 1.14 bits per heavy atom. The lowest BCUT2D eigenvalue weighted by Gasteiger charge is -2.46. The van der Waals surface area contributed by atoms with Crippen molar-refractivity contribution in [2.24, 2.45) is 0 Å². The smallest absolute Gasteiger partial charge is 0.123 e. The first-order valence-electron chi connectivity index (χ1n) is 8.11. The van der Waals surface area contributed by atoms with Gasteiger partial charge in [-0.1, -0.05) is 0 Å². The average Bonchev–Trinajstić information content (AvgIpc) is 2.51. The summed E-state index contributed by atoms with van der Waals surface area (Å²) in [4.78, 5) is 4.59. The predicted molar refractivity (Wildman–Crippen MR) is 84.5 cm³/mol. The standard InChI is InChI=1S/C17H25FN2O2/c1-17(22)8-11-20(12-16(17)21)15-6-9-19(10-7-15)14-4-2-13(18)3-5-14/h2-5,15-16,21-22H,6-12H2,1H3/t16-,17+/m0/s1. The number of hydrogen-bond acceptors (Lipinski definition) is 4. The number of halogens is 1. The minimum atomic E-state index is -0.953. The van der Waals surface area contributed by atoms with E-state index in [4.69, 9.17) is 0 Å². The van der Waals surface area contributed by atoms with Gasteiger partial charge in [-0.05, 0) is 50.5 Å². The van der Waals surface area contributed by atoms with Crippen LogP contribution in [0.5, 0.6) is 0 Å². The van der Waals surface area contributed by atoms with Gasteiger partial charge in [-0.15, -0.1) is 0 Å². The largest absolute Gasteiger partial charge is 0.389 e. The molecule has 5 heteroatoms. The van der Waals surface area contributed by atoms with E-state index in [-0.39, 0.29) is 5.82 Å². The summed E-state index contributed by atoms with van der Waals surface area (Å²) in [6, 6.07) is 7.13. The summed E-state index contributed by atoms with van der Waals surface area (Å²) in [5, 5.41) is 20.1. The van der Waals surface area contributed by atoms with E-state index in [0.29, 0.717) is 19.0 Å². The Hall–Kier alpha value is -1.17. The van der Waals surface area contributed by atoms with E-state index in [2.05, 4.69) is 9.80 Å². The number of aliphatic hydroxyl groups excluding tert-OH is 1. The van der Waals surface area contributed by atoms with Crippen molar-refractivity contribution in [2.75, 3.05) is 31.1 Å². The molecular formula is C17H25FN2O2. The Balaban J connectivity index is 1.55. The molecule has 0 saturated carbocycles. The maximum absolute atomic E-state index is 13.0. The van der Waals surface area contributed by atoms with Gasteiger partial charge >= 0.3 is 0 Å². The summed E-state index contributed by atoms with van der Waals surface area (Å²) >= 11 is 0. The third-order valence-corrected chi connectivity index (χ3v) is 5.20. The third kappa shape index (κ3) is 3.26. The zero-order valence-electron chi connectivity index (χ0n) is 13.1. The summed E-state index contributed by atoms with van der Waals surface area (Å²) in [6.45, 7) is 4.99. The molecule has 4 nitrogen and oxygen atoms in total. The second-order valence-electron chi connectivity index (χ2n) is 6.81. The fraction of sp³-hybridized carbons (Fsp3) is 0.647. The molecule has 0 amide bonds. The first-order chi connectivity index (χ1) is 10.5. The quantitative estimate of drug-likeness (QED) is 0.871. The molecule has 3 rings (SSSR count). The topological polar surface area (TPSA) is 46.9 Å². The van der Waals surface area contributed by atoms with Crippen LogP contribution in [0.4, 0.5) is 10.1 Å². The fourth-order valence-electron chi connectivity index (χ4n) is 3.52. The van der Waals surface area contributed by atoms with Crippen molar-refractivity contribution in [3.05, 3.63) is 30.1 Å². The summed E-state index contributed by atoms with van der Waals surface area (Å²) in [7, 11) is 0. The number of piperidine rings is 2. The molecule has 0 radical (unpaired) electrons. The van der Waals surface area contributed by atoms with Crippen molar-refractivity contribution >= 4 is 5.69 Å². The number of nitrogens with zero attached hydrogens (tertiary/aromatic N) is 2. The van der Waals surface area contributed by atoms with Gasteiger partial charge in [0.2, 0.25) is 0 Å². The number of anilines is 1. The van der Waals surface area contributed by atoms with Crippen molar-refractivity contribution < 1.29 is 14.6 Å². The van der Waals surface area contributed by atoms with E-state index in [1.165, 1.54) is 12.1 Å². The third-order valence-electron chi connectivity index (χ3n) is 5.20. The zero-order chi connectivity index (χ0) is 15.7. The van der Waals surface area contributed by atoms with Crippen LogP contribution < -0.4 is 4.90 Å². The van der Waals surface area contributed by atoms with Gasteiger partial charge in [-0.25, -0.2) is 4.39 Å². The molecule has 2 saturated heterocycles. The van der Waals surface area contributed by atoms with Crippen LogP contribution in [0.25, 0.3) is 0 Å². The summed E-state index contributed by atoms with van der Waals surface area (Å²) in [5.74, 6) is -0.201. The lowest BCUT2D eigenvalue weighted by Crippen LogP contribution is -2.57. The molecule has 2 atom stereocenters. The Morgan fingerprint density at radius 3 is 2.36 bits per heavy atom. The second kappa shape index (κ2) is 6.14. The number of benzene rings is 1. The highest BCUT2D eigenvalue weighted by Gasteiger charge is 2.38. The highest BCUT2D eigenvalue weighted by Crippen LogP contribution is 2.28. The zero-order valence-corrected chi connectivity index (χ0v) is 13.1. The molecular weight excluding hydrogens is 283 g/mol. The maximum Gasteiger partial charge on any atom is 0.123 e. The maximum atomic E-state index is 13.0. The molecule has 2 aliphatic heterocycles. The summed E-state index contributed by atoms with van der Waals surface area (Å²) in [6.07, 6.45) is 2.02. The highest BCUT2D eigenvalue weighted by atomic mass is 19.1. The molecule has 1 aromatic rings. The Bertz CT molecular complexity index is 498. The van der Waals surface area contributed by atoms with Crippen molar-refractivity contribution in [1.29, 1.82) is 0 Å². The predicted octanol–water partition coefficient (Wildman–Crippen LogP) is 1.61. The molecule has 2 N–H and O–H groups in total. The Kier molecular flexibility index (Phi) is 4.39. The molecule has 0 aliphatic carbocycles. The van der Waals surface area contributed by atoms with E-state index in [0.717, 1.165) is 38.2 Å². The van der Waals surface area contributed by atoms with Gasteiger partial charge in [-0.2, -0.15) is 0 Å². The summed E-state index contributed by atoms with van der Waals surface area (Å²) < 4.78 is 13.0. The minimum absolute atomic E-state index is 0.201. The first-order valence-corrected chi connectivity index (χ1v) is 8.11. The van der Waals surface area contributed by atoms with E-state index in [9.17, 15) is 14.6 Å². The van der Waals surface area contributed by atoms with Crippen LogP contribution in [0, 0.1) is 5.82 Å². The second-order valence-corrected chi connectivity index (χ2v) is 6.81. The SMILES string of the molecule is C[C@@]1(O)CCN(C2CCN(c3ccc(F)cc3)CC2)C[C@@H]1O. The van der Waals surface area contributed by atoms with E-state index < -0.39 is 11.7 Å². The number of aliphatic hydroxyl groups is 2. The molecule has 1 aromatic carbocycles. The van der Waals surface area contributed by atoms with Crippen LogP contribution in [0.15, 0.2) is 24.3 Å². The lowest BCUT2D eigenvalue weighted by atomic mass is 9.88. The first kappa shape index (κ1) is 15.7. The van der Waals surface area contributed by atoms with Gasteiger partial charge in [0.1, 0.15) is 5.82 Å². The molecule has 22 heavy (non-hydrogen) atoms. The molecule has 0 bridgehead atoms. The van der Waals surface area contributed by atoms with Gasteiger partial charge in [-0.3, -0.25) is 4.90 Å². The molecule has 2 fully saturated rings. The fourth-order valence-corrected chi connectivity index (χ4v) is 3.52. The normalized spacial score (nSPS) is 31.5. The molecule has 2 heterocycles. The molecule has 0 unspecified atom stereocenters. The van der Waals surface area contributed by atoms with Gasteiger partial charge in [0.15, 0.2) is 0 Å². The Morgan fingerprint density at radius 2 is 1.77 bits per heavy atom. The van der Waals surface area contributed by atoms with Crippen LogP contribution in [-0.4, -0.2) is 59.0 Å². The van der Waals surface area contributed by atoms with Crippen molar-refractivity contribution in [2.45, 2.75) is 43.9 Å². The number of β-amino-alcohol motifs (C(OH)–C–C–N with tert-alkyl or cyclic N) is 1. The van der Waals surface area contributed by atoms with E-state index in [1.807, 2.05) is 12.1 Å².